The summed E-state index contributed by atoms with van der Waals surface area (Å²) in [7, 11) is 0. The molecule has 0 radical (unpaired) electrons. The molecule has 2 unspecified atom stereocenters. The van der Waals surface area contributed by atoms with Crippen LogP contribution in [0.25, 0.3) is 0 Å². The van der Waals surface area contributed by atoms with Gasteiger partial charge in [-0.2, -0.15) is 0 Å². The topological polar surface area (TPSA) is 58.6 Å². The molecule has 1 heterocycles. The maximum absolute atomic E-state index is 12.0. The van der Waals surface area contributed by atoms with Crippen LogP contribution in [0.4, 0.5) is 4.79 Å². The van der Waals surface area contributed by atoms with E-state index in [0.29, 0.717) is 6.54 Å². The minimum atomic E-state index is -0.504. The monoisotopic (exact) mass is 294 g/mol. The smallest absolute Gasteiger partial charge is 0.407 e. The van der Waals surface area contributed by atoms with Crippen LogP contribution in [0.1, 0.15) is 53.4 Å². The first kappa shape index (κ1) is 15.9. The number of hydrogen-bond donors (Lipinski definition) is 1. The second kappa shape index (κ2) is 6.08. The highest BCUT2D eigenvalue weighted by Gasteiger charge is 2.36. The van der Waals surface area contributed by atoms with Crippen LogP contribution < -0.4 is 5.32 Å². The van der Waals surface area contributed by atoms with Crippen molar-refractivity contribution in [2.24, 2.45) is 0 Å². The van der Waals surface area contributed by atoms with E-state index in [1.54, 1.807) is 6.08 Å². The van der Waals surface area contributed by atoms with Gasteiger partial charge in [0.15, 0.2) is 0 Å². The zero-order chi connectivity index (χ0) is 15.6. The summed E-state index contributed by atoms with van der Waals surface area (Å²) in [6, 6.07) is 0.0596. The number of carbonyl (C=O) groups is 2. The van der Waals surface area contributed by atoms with Gasteiger partial charge in [0.05, 0.1) is 12.1 Å². The summed E-state index contributed by atoms with van der Waals surface area (Å²) < 4.78 is 5.33. The van der Waals surface area contributed by atoms with Gasteiger partial charge >= 0.3 is 6.09 Å². The Morgan fingerprint density at radius 3 is 2.57 bits per heavy atom. The molecule has 1 aliphatic heterocycles. The highest BCUT2D eigenvalue weighted by molar-refractivity contribution is 5.91. The molecule has 0 aromatic rings. The van der Waals surface area contributed by atoms with Crippen molar-refractivity contribution >= 4 is 12.0 Å². The molecule has 2 rings (SSSR count). The third-order valence-electron chi connectivity index (χ3n) is 3.90. The summed E-state index contributed by atoms with van der Waals surface area (Å²) in [4.78, 5) is 25.9. The first-order valence-corrected chi connectivity index (χ1v) is 7.73. The molecule has 1 aliphatic carbocycles. The van der Waals surface area contributed by atoms with Crippen molar-refractivity contribution in [1.82, 2.24) is 10.2 Å². The summed E-state index contributed by atoms with van der Waals surface area (Å²) >= 11 is 0. The molecule has 5 nitrogen and oxygen atoms in total. The van der Waals surface area contributed by atoms with Crippen molar-refractivity contribution in [3.05, 3.63) is 11.6 Å². The minimum absolute atomic E-state index is 0.0168. The largest absolute Gasteiger partial charge is 0.444 e. The van der Waals surface area contributed by atoms with Crippen molar-refractivity contribution in [3.8, 4) is 0 Å². The van der Waals surface area contributed by atoms with E-state index in [9.17, 15) is 9.59 Å². The summed E-state index contributed by atoms with van der Waals surface area (Å²) in [6.45, 7) is 8.19. The molecule has 2 amide bonds. The van der Waals surface area contributed by atoms with Crippen LogP contribution >= 0.6 is 0 Å². The molecule has 0 bridgehead atoms. The molecule has 2 aliphatic rings. The van der Waals surface area contributed by atoms with Gasteiger partial charge in [-0.3, -0.25) is 4.79 Å². The van der Waals surface area contributed by atoms with Gasteiger partial charge in [0, 0.05) is 12.6 Å². The lowest BCUT2D eigenvalue weighted by molar-refractivity contribution is -0.127. The maximum Gasteiger partial charge on any atom is 0.407 e. The number of amides is 2. The molecule has 0 aromatic carbocycles. The van der Waals surface area contributed by atoms with Gasteiger partial charge in [-0.1, -0.05) is 12.8 Å². The molecule has 1 saturated carbocycles. The molecule has 2 atom stereocenters. The van der Waals surface area contributed by atoms with Crippen molar-refractivity contribution in [1.29, 1.82) is 0 Å². The van der Waals surface area contributed by atoms with Crippen LogP contribution in [0.5, 0.6) is 0 Å². The van der Waals surface area contributed by atoms with E-state index in [4.69, 9.17) is 4.74 Å². The molecule has 0 spiro atoms. The standard InChI is InChI=1S/C16H26N2O3/c1-11-9-14(19)18(10-11)13-8-6-5-7-12(13)17-15(20)21-16(2,3)4/h9,12-13H,5-8,10H2,1-4H3,(H,17,20). The van der Waals surface area contributed by atoms with Gasteiger partial charge in [0.2, 0.25) is 5.91 Å². The fourth-order valence-electron chi connectivity index (χ4n) is 3.08. The molecule has 118 valence electrons. The Balaban J connectivity index is 1.99. The van der Waals surface area contributed by atoms with Gasteiger partial charge in [0.1, 0.15) is 5.60 Å². The molecule has 1 N–H and O–H groups in total. The Morgan fingerprint density at radius 2 is 2.00 bits per heavy atom. The molecule has 21 heavy (non-hydrogen) atoms. The van der Waals surface area contributed by atoms with Crippen molar-refractivity contribution in [2.45, 2.75) is 71.1 Å². The fourth-order valence-corrected chi connectivity index (χ4v) is 3.08. The Kier molecular flexibility index (Phi) is 4.59. The van der Waals surface area contributed by atoms with Gasteiger partial charge in [0.25, 0.3) is 0 Å². The van der Waals surface area contributed by atoms with Crippen molar-refractivity contribution < 1.29 is 14.3 Å². The van der Waals surface area contributed by atoms with Crippen LogP contribution in [0.3, 0.4) is 0 Å². The van der Waals surface area contributed by atoms with Crippen LogP contribution in [0.2, 0.25) is 0 Å². The maximum atomic E-state index is 12.0. The first-order chi connectivity index (χ1) is 9.76. The normalized spacial score (nSPS) is 26.6. The number of nitrogens with zero attached hydrogens (tertiary/aromatic N) is 1. The third kappa shape index (κ3) is 4.22. The number of alkyl carbamates (subject to hydrolysis) is 1. The fraction of sp³-hybridized carbons (Fsp3) is 0.750. The zero-order valence-corrected chi connectivity index (χ0v) is 13.4. The highest BCUT2D eigenvalue weighted by Crippen LogP contribution is 2.27. The Morgan fingerprint density at radius 1 is 1.33 bits per heavy atom. The van der Waals surface area contributed by atoms with Crippen molar-refractivity contribution in [3.63, 3.8) is 0 Å². The van der Waals surface area contributed by atoms with Gasteiger partial charge in [-0.15, -0.1) is 0 Å². The summed E-state index contributed by atoms with van der Waals surface area (Å²) in [5, 5.41) is 2.96. The molecule has 1 fully saturated rings. The van der Waals surface area contributed by atoms with Crippen molar-refractivity contribution in [2.75, 3.05) is 6.54 Å². The SMILES string of the molecule is CC1=CC(=O)N(C2CCCCC2NC(=O)OC(C)(C)C)C1. The number of carbonyl (C=O) groups excluding carboxylic acids is 2. The van der Waals surface area contributed by atoms with Crippen LogP contribution in [-0.2, 0) is 9.53 Å². The van der Waals surface area contributed by atoms with Crippen LogP contribution in [-0.4, -0.2) is 41.1 Å². The Bertz CT molecular complexity index is 451. The number of hydrogen-bond acceptors (Lipinski definition) is 3. The molecule has 0 saturated heterocycles. The average molecular weight is 294 g/mol. The van der Waals surface area contributed by atoms with Crippen LogP contribution in [0.15, 0.2) is 11.6 Å². The van der Waals surface area contributed by atoms with E-state index in [2.05, 4.69) is 5.32 Å². The molecule has 0 aromatic heterocycles. The predicted octanol–water partition coefficient (Wildman–Crippen LogP) is 2.61. The number of ether oxygens (including phenoxy) is 1. The Labute approximate surface area is 126 Å². The minimum Gasteiger partial charge on any atom is -0.444 e. The second-order valence-corrected chi connectivity index (χ2v) is 7.06. The number of nitrogens with one attached hydrogen (secondary N) is 1. The lowest BCUT2D eigenvalue weighted by Gasteiger charge is -2.38. The van der Waals surface area contributed by atoms with E-state index < -0.39 is 11.7 Å². The molecular weight excluding hydrogens is 268 g/mol. The molecular formula is C16H26N2O3. The predicted molar refractivity (Wildman–Crippen MR) is 80.9 cm³/mol. The third-order valence-corrected chi connectivity index (χ3v) is 3.90. The number of rotatable bonds is 2. The van der Waals surface area contributed by atoms with Gasteiger partial charge in [-0.05, 0) is 46.1 Å². The van der Waals surface area contributed by atoms with E-state index in [1.807, 2.05) is 32.6 Å². The van der Waals surface area contributed by atoms with Gasteiger partial charge in [-0.25, -0.2) is 4.79 Å². The quantitative estimate of drug-likeness (QED) is 0.851. The zero-order valence-electron chi connectivity index (χ0n) is 13.4. The lowest BCUT2D eigenvalue weighted by atomic mass is 9.89. The average Bonchev–Trinajstić information content (AvgIpc) is 2.66. The van der Waals surface area contributed by atoms with Crippen LogP contribution in [0, 0.1) is 0 Å². The summed E-state index contributed by atoms with van der Waals surface area (Å²) in [5.74, 6) is 0.0652. The summed E-state index contributed by atoms with van der Waals surface area (Å²) in [5.41, 5.74) is 0.581. The van der Waals surface area contributed by atoms with Gasteiger partial charge < -0.3 is 15.0 Å². The first-order valence-electron chi connectivity index (χ1n) is 7.73. The lowest BCUT2D eigenvalue weighted by Crippen LogP contribution is -2.54. The Hall–Kier alpha value is -1.52. The van der Waals surface area contributed by atoms with E-state index in [1.165, 1.54) is 0 Å². The molecule has 5 heteroatoms. The van der Waals surface area contributed by atoms with E-state index in [0.717, 1.165) is 31.3 Å². The highest BCUT2D eigenvalue weighted by atomic mass is 16.6. The van der Waals surface area contributed by atoms with E-state index in [-0.39, 0.29) is 18.0 Å². The van der Waals surface area contributed by atoms with E-state index >= 15 is 0 Å². The second-order valence-electron chi connectivity index (χ2n) is 7.06. The summed E-state index contributed by atoms with van der Waals surface area (Å²) in [6.07, 6.45) is 5.31.